The highest BCUT2D eigenvalue weighted by atomic mass is 32.2. The average molecular weight is 413 g/mol. The van der Waals surface area contributed by atoms with E-state index in [9.17, 15) is 9.59 Å². The fraction of sp³-hybridized carbons (Fsp3) is 0.500. The number of hydrogen-bond donors (Lipinski definition) is 1. The number of nitrogens with two attached hydrogens (primary N) is 1. The summed E-state index contributed by atoms with van der Waals surface area (Å²) in [5.74, 6) is 3.19. The minimum Gasteiger partial charge on any atom is -0.384 e. The van der Waals surface area contributed by atoms with Crippen LogP contribution in [0.4, 0.5) is 11.8 Å². The van der Waals surface area contributed by atoms with Crippen molar-refractivity contribution in [1.29, 1.82) is 0 Å². The lowest BCUT2D eigenvalue weighted by molar-refractivity contribution is -0.137. The first-order valence-electron chi connectivity index (χ1n) is 10.0. The summed E-state index contributed by atoms with van der Waals surface area (Å²) in [6.45, 7) is 2.84. The van der Waals surface area contributed by atoms with Crippen LogP contribution in [0.2, 0.25) is 0 Å². The van der Waals surface area contributed by atoms with Gasteiger partial charge in [-0.3, -0.25) is 14.2 Å². The maximum absolute atomic E-state index is 13.6. The topological polar surface area (TPSA) is 97.4 Å². The fourth-order valence-corrected chi connectivity index (χ4v) is 5.80. The van der Waals surface area contributed by atoms with Crippen molar-refractivity contribution in [3.05, 3.63) is 46.5 Å². The first kappa shape index (κ1) is 18.5. The van der Waals surface area contributed by atoms with Crippen molar-refractivity contribution in [3.8, 4) is 0 Å². The van der Waals surface area contributed by atoms with Gasteiger partial charge in [-0.05, 0) is 18.6 Å². The second-order valence-electron chi connectivity index (χ2n) is 7.92. The van der Waals surface area contributed by atoms with Crippen LogP contribution in [0.3, 0.4) is 0 Å². The molecule has 0 spiro atoms. The molecule has 2 aromatic rings. The highest BCUT2D eigenvalue weighted by Gasteiger charge is 2.45. The van der Waals surface area contributed by atoms with Crippen LogP contribution in [0.5, 0.6) is 0 Å². The number of hydrogen-bond acceptors (Lipinski definition) is 7. The quantitative estimate of drug-likeness (QED) is 0.785. The molecule has 2 aromatic heterocycles. The molecule has 0 saturated carbocycles. The molecular weight excluding hydrogens is 388 g/mol. The Morgan fingerprint density at radius 2 is 2.00 bits per heavy atom. The molecule has 3 aliphatic heterocycles. The van der Waals surface area contributed by atoms with Gasteiger partial charge in [0.25, 0.3) is 5.56 Å². The second kappa shape index (κ2) is 7.37. The van der Waals surface area contributed by atoms with Crippen LogP contribution < -0.4 is 16.2 Å². The molecule has 0 aliphatic carbocycles. The van der Waals surface area contributed by atoms with Crippen LogP contribution in [0.1, 0.15) is 24.1 Å². The van der Waals surface area contributed by atoms with Gasteiger partial charge in [0.1, 0.15) is 11.9 Å². The Balaban J connectivity index is 1.55. The minimum atomic E-state index is -0.470. The zero-order chi connectivity index (χ0) is 20.0. The van der Waals surface area contributed by atoms with E-state index in [1.807, 2.05) is 22.7 Å². The van der Waals surface area contributed by atoms with Crippen molar-refractivity contribution in [2.75, 3.05) is 48.3 Å². The minimum absolute atomic E-state index is 0.0356. The summed E-state index contributed by atoms with van der Waals surface area (Å²) < 4.78 is 1.76. The van der Waals surface area contributed by atoms with Gasteiger partial charge in [0.15, 0.2) is 0 Å². The summed E-state index contributed by atoms with van der Waals surface area (Å²) >= 11 is 1.87. The molecule has 2 fully saturated rings. The molecule has 9 heteroatoms. The maximum atomic E-state index is 13.6. The molecule has 29 heavy (non-hydrogen) atoms. The number of fused-ring (bicyclic) bond motifs is 4. The van der Waals surface area contributed by atoms with E-state index >= 15 is 0 Å². The van der Waals surface area contributed by atoms with E-state index in [1.54, 1.807) is 29.0 Å². The number of piperidine rings is 1. The Kier molecular flexibility index (Phi) is 4.69. The monoisotopic (exact) mass is 412 g/mol. The van der Waals surface area contributed by atoms with E-state index in [-0.39, 0.29) is 23.3 Å². The van der Waals surface area contributed by atoms with Crippen LogP contribution in [-0.4, -0.2) is 63.0 Å². The van der Waals surface area contributed by atoms with Gasteiger partial charge in [-0.1, -0.05) is 6.07 Å². The predicted octanol–water partition coefficient (Wildman–Crippen LogP) is 0.961. The van der Waals surface area contributed by atoms with Crippen molar-refractivity contribution in [1.82, 2.24) is 19.4 Å². The summed E-state index contributed by atoms with van der Waals surface area (Å²) in [7, 11) is 0. The number of nitrogens with zero attached hydrogens (tertiary/aromatic N) is 5. The Hall–Kier alpha value is -2.55. The van der Waals surface area contributed by atoms with Crippen molar-refractivity contribution < 1.29 is 4.79 Å². The smallest absolute Gasteiger partial charge is 0.251 e. The summed E-state index contributed by atoms with van der Waals surface area (Å²) in [6.07, 6.45) is 2.55. The number of amides is 1. The molecule has 3 atom stereocenters. The number of aromatic nitrogens is 3. The van der Waals surface area contributed by atoms with Gasteiger partial charge < -0.3 is 15.5 Å². The van der Waals surface area contributed by atoms with Gasteiger partial charge in [0.2, 0.25) is 11.9 Å². The molecule has 8 nitrogen and oxygen atoms in total. The number of anilines is 2. The molecular formula is C20H24N6O2S. The predicted molar refractivity (Wildman–Crippen MR) is 113 cm³/mol. The molecule has 0 radical (unpaired) electrons. The molecule has 2 bridgehead atoms. The number of thioether (sulfide) groups is 1. The lowest BCUT2D eigenvalue weighted by atomic mass is 9.78. The van der Waals surface area contributed by atoms with Crippen molar-refractivity contribution in [2.24, 2.45) is 5.92 Å². The van der Waals surface area contributed by atoms with Crippen molar-refractivity contribution in [3.63, 3.8) is 0 Å². The Labute approximate surface area is 173 Å². The molecule has 0 unspecified atom stereocenters. The van der Waals surface area contributed by atoms with Crippen LogP contribution in [0.15, 0.2) is 35.3 Å². The third kappa shape index (κ3) is 3.27. The van der Waals surface area contributed by atoms with E-state index < -0.39 is 6.04 Å². The van der Waals surface area contributed by atoms with Gasteiger partial charge in [-0.25, -0.2) is 4.98 Å². The zero-order valence-corrected chi connectivity index (χ0v) is 16.9. The van der Waals surface area contributed by atoms with E-state index in [1.165, 1.54) is 0 Å². The van der Waals surface area contributed by atoms with E-state index in [0.717, 1.165) is 36.7 Å². The molecule has 0 aromatic carbocycles. The summed E-state index contributed by atoms with van der Waals surface area (Å²) in [4.78, 5) is 39.2. The van der Waals surface area contributed by atoms with Gasteiger partial charge in [-0.2, -0.15) is 16.7 Å². The summed E-state index contributed by atoms with van der Waals surface area (Å²) in [6, 6.07) is 6.54. The summed E-state index contributed by atoms with van der Waals surface area (Å²) in [5, 5.41) is 0. The first-order chi connectivity index (χ1) is 14.1. The van der Waals surface area contributed by atoms with Crippen LogP contribution >= 0.6 is 11.8 Å². The van der Waals surface area contributed by atoms with Gasteiger partial charge in [-0.15, -0.1) is 0 Å². The molecule has 5 heterocycles. The highest BCUT2D eigenvalue weighted by molar-refractivity contribution is 7.99. The molecule has 3 aliphatic rings. The zero-order valence-electron chi connectivity index (χ0n) is 16.1. The number of carbonyl (C=O) groups is 1. The van der Waals surface area contributed by atoms with Gasteiger partial charge in [0, 0.05) is 67.5 Å². The van der Waals surface area contributed by atoms with Crippen molar-refractivity contribution >= 4 is 29.4 Å². The van der Waals surface area contributed by atoms with E-state index in [0.29, 0.717) is 24.9 Å². The second-order valence-corrected chi connectivity index (χ2v) is 9.15. The van der Waals surface area contributed by atoms with Crippen LogP contribution in [-0.2, 0) is 4.79 Å². The summed E-state index contributed by atoms with van der Waals surface area (Å²) in [5.41, 5.74) is 6.71. The van der Waals surface area contributed by atoms with Crippen LogP contribution in [0.25, 0.3) is 0 Å². The lowest BCUT2D eigenvalue weighted by Crippen LogP contribution is -2.55. The first-order valence-corrected chi connectivity index (χ1v) is 11.2. The normalized spacial score (nSPS) is 26.1. The van der Waals surface area contributed by atoms with Gasteiger partial charge in [0.05, 0.1) is 0 Å². The molecule has 2 N–H and O–H groups in total. The average Bonchev–Trinajstić information content (AvgIpc) is 2.75. The lowest BCUT2D eigenvalue weighted by Gasteiger charge is -2.47. The maximum Gasteiger partial charge on any atom is 0.251 e. The standard InChI is InChI=1S/C20H24N6O2S/c21-16-4-5-22-20(23-16)25-11-13-10-14(12-25)18(19(28)24-6-8-29-9-7-24)26-15(13)2-1-3-17(26)27/h1-5,13-14,18H,6-12H2,(H2,21,22,23)/t13-,14+,18-/m1/s1. The molecule has 5 rings (SSSR count). The molecule has 1 amide bonds. The number of nitrogen functional groups attached to an aromatic ring is 1. The molecule has 152 valence electrons. The number of pyridine rings is 1. The SMILES string of the molecule is Nc1ccnc(N2C[C@H]3C[C@@H](C2)[C@H](C(=O)N2CCSCC2)n2c3cccc2=O)n1. The third-order valence-corrected chi connectivity index (χ3v) is 7.11. The largest absolute Gasteiger partial charge is 0.384 e. The number of rotatable bonds is 2. The Morgan fingerprint density at radius 1 is 1.17 bits per heavy atom. The van der Waals surface area contributed by atoms with Crippen molar-refractivity contribution in [2.45, 2.75) is 18.4 Å². The van der Waals surface area contributed by atoms with Crippen LogP contribution in [0, 0.1) is 5.92 Å². The Bertz CT molecular complexity index is 989. The van der Waals surface area contributed by atoms with E-state index in [4.69, 9.17) is 5.73 Å². The fourth-order valence-electron chi connectivity index (χ4n) is 4.90. The number of carbonyl (C=O) groups excluding carboxylic acids is 1. The third-order valence-electron chi connectivity index (χ3n) is 6.17. The molecule has 2 saturated heterocycles. The highest BCUT2D eigenvalue weighted by Crippen LogP contribution is 2.42. The Morgan fingerprint density at radius 3 is 2.79 bits per heavy atom. The van der Waals surface area contributed by atoms with E-state index in [2.05, 4.69) is 14.9 Å². The van der Waals surface area contributed by atoms with Gasteiger partial charge >= 0.3 is 0 Å².